The van der Waals surface area contributed by atoms with Crippen molar-refractivity contribution < 1.29 is 9.53 Å². The van der Waals surface area contributed by atoms with Crippen LogP contribution in [-0.4, -0.2) is 37.7 Å². The van der Waals surface area contributed by atoms with Gasteiger partial charge in [0.05, 0.1) is 19.2 Å². The smallest absolute Gasteiger partial charge is 0.237 e. The lowest BCUT2D eigenvalue weighted by molar-refractivity contribution is -0.122. The van der Waals surface area contributed by atoms with Gasteiger partial charge in [-0.15, -0.1) is 6.42 Å². The largest absolute Gasteiger partial charge is 0.380 e. The number of carbonyl (C=O) groups is 1. The number of rotatable bonds is 4. The van der Waals surface area contributed by atoms with Gasteiger partial charge in [-0.3, -0.25) is 4.79 Å². The second-order valence-corrected chi connectivity index (χ2v) is 3.37. The zero-order chi connectivity index (χ0) is 10.4. The summed E-state index contributed by atoms with van der Waals surface area (Å²) in [5.74, 6) is 2.30. The number of ether oxygens (including phenoxy) is 1. The molecule has 0 aliphatic carbocycles. The molecule has 2 atom stereocenters. The Labute approximate surface area is 84.4 Å². The summed E-state index contributed by atoms with van der Waals surface area (Å²) in [7, 11) is 0. The number of terminal acetylenes is 1. The summed E-state index contributed by atoms with van der Waals surface area (Å²) in [5, 5.41) is 5.81. The third-order valence-electron chi connectivity index (χ3n) is 2.17. The van der Waals surface area contributed by atoms with Crippen molar-refractivity contribution in [3.8, 4) is 12.3 Å². The molecule has 0 saturated carbocycles. The van der Waals surface area contributed by atoms with E-state index in [1.165, 1.54) is 0 Å². The molecule has 0 bridgehead atoms. The first kappa shape index (κ1) is 11.0. The first-order chi connectivity index (χ1) is 6.74. The van der Waals surface area contributed by atoms with E-state index in [1.807, 2.05) is 6.92 Å². The second-order valence-electron chi connectivity index (χ2n) is 3.37. The molecule has 1 heterocycles. The molecule has 14 heavy (non-hydrogen) atoms. The van der Waals surface area contributed by atoms with Crippen LogP contribution < -0.4 is 10.6 Å². The highest BCUT2D eigenvalue weighted by molar-refractivity contribution is 5.81. The van der Waals surface area contributed by atoms with Crippen LogP contribution in [0.15, 0.2) is 0 Å². The molecular weight excluding hydrogens is 180 g/mol. The molecule has 1 rings (SSSR count). The number of hydrogen-bond donors (Lipinski definition) is 2. The van der Waals surface area contributed by atoms with Gasteiger partial charge in [0.25, 0.3) is 0 Å². The van der Waals surface area contributed by atoms with Gasteiger partial charge in [0.15, 0.2) is 0 Å². The van der Waals surface area contributed by atoms with Crippen molar-refractivity contribution in [3.05, 3.63) is 0 Å². The Morgan fingerprint density at radius 2 is 2.57 bits per heavy atom. The molecule has 0 aromatic heterocycles. The number of carbonyl (C=O) groups excluding carboxylic acids is 1. The minimum atomic E-state index is -0.213. The molecule has 0 aromatic rings. The van der Waals surface area contributed by atoms with Crippen molar-refractivity contribution in [1.29, 1.82) is 0 Å². The fraction of sp³-hybridized carbons (Fsp3) is 0.700. The Hall–Kier alpha value is -1.05. The van der Waals surface area contributed by atoms with Gasteiger partial charge in [-0.2, -0.15) is 0 Å². The van der Waals surface area contributed by atoms with Crippen molar-refractivity contribution >= 4 is 5.91 Å². The lowest BCUT2D eigenvalue weighted by atomic mass is 10.2. The topological polar surface area (TPSA) is 50.4 Å². The molecule has 4 nitrogen and oxygen atoms in total. The van der Waals surface area contributed by atoms with E-state index in [-0.39, 0.29) is 18.5 Å². The quantitative estimate of drug-likeness (QED) is 0.596. The average Bonchev–Trinajstić information content (AvgIpc) is 2.66. The van der Waals surface area contributed by atoms with E-state index in [0.29, 0.717) is 12.6 Å². The van der Waals surface area contributed by atoms with Crippen molar-refractivity contribution in [1.82, 2.24) is 10.6 Å². The van der Waals surface area contributed by atoms with Crippen LogP contribution in [-0.2, 0) is 9.53 Å². The molecule has 1 aliphatic rings. The molecule has 1 amide bonds. The Morgan fingerprint density at radius 3 is 3.14 bits per heavy atom. The van der Waals surface area contributed by atoms with Crippen molar-refractivity contribution in [3.63, 3.8) is 0 Å². The van der Waals surface area contributed by atoms with Crippen LogP contribution in [0.3, 0.4) is 0 Å². The molecule has 0 radical (unpaired) electrons. The molecule has 1 fully saturated rings. The van der Waals surface area contributed by atoms with Gasteiger partial charge < -0.3 is 15.4 Å². The molecular formula is C10H16N2O2. The zero-order valence-electron chi connectivity index (χ0n) is 8.38. The Balaban J connectivity index is 2.22. The highest BCUT2D eigenvalue weighted by atomic mass is 16.5. The maximum Gasteiger partial charge on any atom is 0.237 e. The fourth-order valence-electron chi connectivity index (χ4n) is 1.39. The van der Waals surface area contributed by atoms with Crippen molar-refractivity contribution in [2.75, 3.05) is 19.8 Å². The van der Waals surface area contributed by atoms with Crippen molar-refractivity contribution in [2.45, 2.75) is 25.4 Å². The van der Waals surface area contributed by atoms with Gasteiger partial charge in [0.1, 0.15) is 0 Å². The molecule has 2 unspecified atom stereocenters. The molecule has 2 N–H and O–H groups in total. The van der Waals surface area contributed by atoms with E-state index < -0.39 is 0 Å². The summed E-state index contributed by atoms with van der Waals surface area (Å²) in [5.41, 5.74) is 0. The highest BCUT2D eigenvalue weighted by Crippen LogP contribution is 2.04. The van der Waals surface area contributed by atoms with E-state index in [2.05, 4.69) is 16.6 Å². The molecule has 0 spiro atoms. The van der Waals surface area contributed by atoms with Crippen LogP contribution in [0.1, 0.15) is 13.3 Å². The summed E-state index contributed by atoms with van der Waals surface area (Å²) in [6.45, 7) is 3.57. The van der Waals surface area contributed by atoms with Crippen LogP contribution in [0, 0.1) is 12.3 Å². The highest BCUT2D eigenvalue weighted by Gasteiger charge is 2.20. The Kier molecular flexibility index (Phi) is 4.44. The van der Waals surface area contributed by atoms with Crippen LogP contribution in [0.4, 0.5) is 0 Å². The lowest BCUT2D eigenvalue weighted by Gasteiger charge is -2.16. The predicted molar refractivity (Wildman–Crippen MR) is 53.7 cm³/mol. The zero-order valence-corrected chi connectivity index (χ0v) is 8.38. The van der Waals surface area contributed by atoms with Gasteiger partial charge in [0, 0.05) is 12.6 Å². The Bertz CT molecular complexity index is 229. The van der Waals surface area contributed by atoms with E-state index >= 15 is 0 Å². The normalized spacial score (nSPS) is 22.7. The number of nitrogens with one attached hydrogen (secondary N) is 2. The molecule has 0 aromatic carbocycles. The minimum Gasteiger partial charge on any atom is -0.380 e. The van der Waals surface area contributed by atoms with E-state index in [9.17, 15) is 4.79 Å². The van der Waals surface area contributed by atoms with E-state index in [0.717, 1.165) is 13.0 Å². The average molecular weight is 196 g/mol. The lowest BCUT2D eigenvalue weighted by Crippen LogP contribution is -2.46. The van der Waals surface area contributed by atoms with Crippen molar-refractivity contribution in [2.24, 2.45) is 0 Å². The van der Waals surface area contributed by atoms with Gasteiger partial charge in [0.2, 0.25) is 5.91 Å². The van der Waals surface area contributed by atoms with E-state index in [1.54, 1.807) is 0 Å². The summed E-state index contributed by atoms with van der Waals surface area (Å²) in [6.07, 6.45) is 6.00. The number of hydrogen-bond acceptors (Lipinski definition) is 3. The first-order valence-corrected chi connectivity index (χ1v) is 4.79. The summed E-state index contributed by atoms with van der Waals surface area (Å²) in [4.78, 5) is 11.4. The van der Waals surface area contributed by atoms with E-state index in [4.69, 9.17) is 11.2 Å². The van der Waals surface area contributed by atoms with Gasteiger partial charge in [-0.05, 0) is 13.3 Å². The summed E-state index contributed by atoms with van der Waals surface area (Å²) in [6, 6.07) is 0.0802. The summed E-state index contributed by atoms with van der Waals surface area (Å²) < 4.78 is 5.19. The molecule has 4 heteroatoms. The van der Waals surface area contributed by atoms with Crippen LogP contribution in [0.2, 0.25) is 0 Å². The van der Waals surface area contributed by atoms with Crippen LogP contribution in [0.25, 0.3) is 0 Å². The molecule has 78 valence electrons. The maximum absolute atomic E-state index is 11.4. The number of amides is 1. The molecule has 1 aliphatic heterocycles. The summed E-state index contributed by atoms with van der Waals surface area (Å²) >= 11 is 0. The van der Waals surface area contributed by atoms with Crippen LogP contribution >= 0.6 is 0 Å². The third-order valence-corrected chi connectivity index (χ3v) is 2.17. The Morgan fingerprint density at radius 1 is 1.79 bits per heavy atom. The SMILES string of the molecule is C#CCNC(=O)C(C)NC1CCOC1. The van der Waals surface area contributed by atoms with Gasteiger partial charge >= 0.3 is 0 Å². The standard InChI is InChI=1S/C10H16N2O2/c1-3-5-11-10(13)8(2)12-9-4-6-14-7-9/h1,8-9,12H,4-7H2,2H3,(H,11,13). The first-order valence-electron chi connectivity index (χ1n) is 4.79. The van der Waals surface area contributed by atoms with Gasteiger partial charge in [-0.1, -0.05) is 5.92 Å². The predicted octanol–water partition coefficient (Wildman–Crippen LogP) is -0.497. The fourth-order valence-corrected chi connectivity index (χ4v) is 1.39. The minimum absolute atomic E-state index is 0.0603. The molecule has 1 saturated heterocycles. The monoisotopic (exact) mass is 196 g/mol. The van der Waals surface area contributed by atoms with Crippen LogP contribution in [0.5, 0.6) is 0 Å². The maximum atomic E-state index is 11.4. The second kappa shape index (κ2) is 5.63. The third kappa shape index (κ3) is 3.36. The van der Waals surface area contributed by atoms with Gasteiger partial charge in [-0.25, -0.2) is 0 Å².